The lowest BCUT2D eigenvalue weighted by molar-refractivity contribution is 0.323. The standard InChI is InChI=1S/C23H27ClN4/c1-15(2)26-19-12-8-17(9-13-19)23-21(20-5-3-4-14-25-20)22(27-28-23)16-6-10-18(24)11-7-16/h3-7,10-11,14-15,17,19,26H,8-9,12-13H2,1-2H3,(H,27,28). The van der Waals surface area contributed by atoms with E-state index < -0.39 is 0 Å². The highest BCUT2D eigenvalue weighted by Crippen LogP contribution is 2.41. The monoisotopic (exact) mass is 394 g/mol. The summed E-state index contributed by atoms with van der Waals surface area (Å²) in [6.45, 7) is 4.44. The van der Waals surface area contributed by atoms with E-state index in [2.05, 4.69) is 35.3 Å². The smallest absolute Gasteiger partial charge is 0.102 e. The molecule has 5 heteroatoms. The van der Waals surface area contributed by atoms with Gasteiger partial charge in [-0.2, -0.15) is 5.10 Å². The Morgan fingerprint density at radius 3 is 2.43 bits per heavy atom. The molecule has 28 heavy (non-hydrogen) atoms. The number of pyridine rings is 1. The Morgan fingerprint density at radius 2 is 1.79 bits per heavy atom. The SMILES string of the molecule is CC(C)NC1CCC(c2[nH]nc(-c3ccc(Cl)cc3)c2-c2ccccn2)CC1. The summed E-state index contributed by atoms with van der Waals surface area (Å²) < 4.78 is 0. The lowest BCUT2D eigenvalue weighted by Gasteiger charge is -2.30. The Morgan fingerprint density at radius 1 is 1.04 bits per heavy atom. The van der Waals surface area contributed by atoms with Crippen LogP contribution in [-0.2, 0) is 0 Å². The number of nitrogens with one attached hydrogen (secondary N) is 2. The Hall–Kier alpha value is -2.17. The van der Waals surface area contributed by atoms with Crippen molar-refractivity contribution < 1.29 is 0 Å². The molecule has 2 aromatic heterocycles. The molecule has 0 amide bonds. The zero-order valence-corrected chi connectivity index (χ0v) is 17.2. The van der Waals surface area contributed by atoms with E-state index in [4.69, 9.17) is 16.7 Å². The van der Waals surface area contributed by atoms with Crippen molar-refractivity contribution in [1.82, 2.24) is 20.5 Å². The van der Waals surface area contributed by atoms with Gasteiger partial charge in [-0.15, -0.1) is 0 Å². The Bertz CT molecular complexity index is 894. The van der Waals surface area contributed by atoms with Gasteiger partial charge in [0.1, 0.15) is 5.69 Å². The fraction of sp³-hybridized carbons (Fsp3) is 0.391. The van der Waals surface area contributed by atoms with Crippen LogP contribution in [-0.4, -0.2) is 27.3 Å². The lowest BCUT2D eigenvalue weighted by atomic mass is 9.81. The molecular weight excluding hydrogens is 368 g/mol. The first kappa shape index (κ1) is 19.2. The van der Waals surface area contributed by atoms with E-state index in [0.29, 0.717) is 18.0 Å². The van der Waals surface area contributed by atoms with Gasteiger partial charge in [0.25, 0.3) is 0 Å². The minimum Gasteiger partial charge on any atom is -0.312 e. The molecule has 0 spiro atoms. The summed E-state index contributed by atoms with van der Waals surface area (Å²) in [6.07, 6.45) is 6.56. The van der Waals surface area contributed by atoms with Gasteiger partial charge in [0.2, 0.25) is 0 Å². The highest BCUT2D eigenvalue weighted by Gasteiger charge is 2.28. The molecule has 0 atom stereocenters. The van der Waals surface area contributed by atoms with Crippen molar-refractivity contribution in [3.05, 3.63) is 59.4 Å². The van der Waals surface area contributed by atoms with Crippen molar-refractivity contribution in [2.24, 2.45) is 0 Å². The van der Waals surface area contributed by atoms with E-state index in [1.54, 1.807) is 0 Å². The van der Waals surface area contributed by atoms with Crippen molar-refractivity contribution in [2.75, 3.05) is 0 Å². The van der Waals surface area contributed by atoms with E-state index in [9.17, 15) is 0 Å². The van der Waals surface area contributed by atoms with Crippen LogP contribution in [0.1, 0.15) is 51.1 Å². The Balaban J connectivity index is 1.68. The average Bonchev–Trinajstić information content (AvgIpc) is 3.14. The Kier molecular flexibility index (Phi) is 5.79. The normalized spacial score (nSPS) is 19.9. The second-order valence-corrected chi connectivity index (χ2v) is 8.39. The van der Waals surface area contributed by atoms with Crippen molar-refractivity contribution >= 4 is 11.6 Å². The number of hydrogen-bond acceptors (Lipinski definition) is 3. The third-order valence-electron chi connectivity index (χ3n) is 5.54. The van der Waals surface area contributed by atoms with Gasteiger partial charge in [-0.3, -0.25) is 10.1 Å². The predicted octanol–water partition coefficient (Wildman–Crippen LogP) is 5.82. The molecule has 0 aliphatic heterocycles. The number of halogens is 1. The molecule has 1 saturated carbocycles. The van der Waals surface area contributed by atoms with Crippen LogP contribution in [0.2, 0.25) is 5.02 Å². The number of H-pyrrole nitrogens is 1. The number of nitrogens with zero attached hydrogens (tertiary/aromatic N) is 2. The molecule has 0 radical (unpaired) electrons. The first-order chi connectivity index (χ1) is 13.6. The zero-order valence-electron chi connectivity index (χ0n) is 16.5. The quantitative estimate of drug-likeness (QED) is 0.573. The summed E-state index contributed by atoms with van der Waals surface area (Å²) >= 11 is 6.09. The maximum Gasteiger partial charge on any atom is 0.102 e. The molecule has 4 nitrogen and oxygen atoms in total. The maximum absolute atomic E-state index is 6.09. The van der Waals surface area contributed by atoms with Crippen LogP contribution in [0.15, 0.2) is 48.7 Å². The van der Waals surface area contributed by atoms with E-state index in [1.807, 2.05) is 42.6 Å². The van der Waals surface area contributed by atoms with Gasteiger partial charge in [-0.25, -0.2) is 0 Å². The number of benzene rings is 1. The fourth-order valence-corrected chi connectivity index (χ4v) is 4.38. The van der Waals surface area contributed by atoms with Crippen LogP contribution >= 0.6 is 11.6 Å². The first-order valence-electron chi connectivity index (χ1n) is 10.1. The topological polar surface area (TPSA) is 53.6 Å². The summed E-state index contributed by atoms with van der Waals surface area (Å²) in [6, 6.07) is 15.1. The van der Waals surface area contributed by atoms with Gasteiger partial charge >= 0.3 is 0 Å². The molecule has 146 valence electrons. The van der Waals surface area contributed by atoms with Gasteiger partial charge in [-0.05, 0) is 49.9 Å². The molecule has 3 aromatic rings. The molecule has 4 rings (SSSR count). The summed E-state index contributed by atoms with van der Waals surface area (Å²) in [4.78, 5) is 4.64. The molecule has 0 bridgehead atoms. The minimum absolute atomic E-state index is 0.482. The summed E-state index contributed by atoms with van der Waals surface area (Å²) in [5.74, 6) is 0.482. The molecule has 1 aromatic carbocycles. The van der Waals surface area contributed by atoms with Gasteiger partial charge in [0, 0.05) is 46.0 Å². The zero-order chi connectivity index (χ0) is 19.5. The number of rotatable bonds is 5. The number of hydrogen-bond donors (Lipinski definition) is 2. The van der Waals surface area contributed by atoms with Crippen molar-refractivity contribution in [2.45, 2.75) is 57.5 Å². The molecule has 1 aliphatic carbocycles. The molecule has 0 saturated heterocycles. The minimum atomic E-state index is 0.482. The molecule has 2 heterocycles. The lowest BCUT2D eigenvalue weighted by Crippen LogP contribution is -2.37. The van der Waals surface area contributed by atoms with Crippen LogP contribution in [0.4, 0.5) is 0 Å². The van der Waals surface area contributed by atoms with Gasteiger partial charge < -0.3 is 5.32 Å². The van der Waals surface area contributed by atoms with Crippen LogP contribution in [0.5, 0.6) is 0 Å². The third-order valence-corrected chi connectivity index (χ3v) is 5.79. The second-order valence-electron chi connectivity index (χ2n) is 7.95. The molecule has 0 unspecified atom stereocenters. The molecule has 2 N–H and O–H groups in total. The first-order valence-corrected chi connectivity index (χ1v) is 10.5. The third kappa shape index (κ3) is 4.13. The van der Waals surface area contributed by atoms with Crippen LogP contribution < -0.4 is 5.32 Å². The summed E-state index contributed by atoms with van der Waals surface area (Å²) in [5.41, 5.74) is 5.32. The largest absolute Gasteiger partial charge is 0.312 e. The van der Waals surface area contributed by atoms with Crippen molar-refractivity contribution in [3.63, 3.8) is 0 Å². The molecule has 1 fully saturated rings. The average molecular weight is 395 g/mol. The van der Waals surface area contributed by atoms with E-state index in [-0.39, 0.29) is 0 Å². The van der Waals surface area contributed by atoms with Crippen LogP contribution in [0.25, 0.3) is 22.5 Å². The highest BCUT2D eigenvalue weighted by molar-refractivity contribution is 6.30. The van der Waals surface area contributed by atoms with Crippen LogP contribution in [0.3, 0.4) is 0 Å². The number of aromatic nitrogens is 3. The summed E-state index contributed by atoms with van der Waals surface area (Å²) in [5, 5.41) is 12.5. The predicted molar refractivity (Wildman–Crippen MR) is 116 cm³/mol. The van der Waals surface area contributed by atoms with Crippen molar-refractivity contribution in [1.29, 1.82) is 0 Å². The summed E-state index contributed by atoms with van der Waals surface area (Å²) in [7, 11) is 0. The van der Waals surface area contributed by atoms with E-state index in [0.717, 1.165) is 40.4 Å². The van der Waals surface area contributed by atoms with Gasteiger partial charge in [0.15, 0.2) is 0 Å². The second kappa shape index (κ2) is 8.46. The fourth-order valence-electron chi connectivity index (χ4n) is 4.26. The molecule has 1 aliphatic rings. The van der Waals surface area contributed by atoms with Gasteiger partial charge in [0.05, 0.1) is 5.69 Å². The van der Waals surface area contributed by atoms with Crippen molar-refractivity contribution in [3.8, 4) is 22.5 Å². The van der Waals surface area contributed by atoms with Gasteiger partial charge in [-0.1, -0.05) is 43.6 Å². The maximum atomic E-state index is 6.09. The van der Waals surface area contributed by atoms with E-state index in [1.165, 1.54) is 18.5 Å². The highest BCUT2D eigenvalue weighted by atomic mass is 35.5. The van der Waals surface area contributed by atoms with E-state index >= 15 is 0 Å². The van der Waals surface area contributed by atoms with Crippen LogP contribution in [0, 0.1) is 0 Å². The Labute approximate surface area is 171 Å². The molecular formula is C23H27ClN4. The number of aromatic amines is 1.